The highest BCUT2D eigenvalue weighted by Crippen LogP contribution is 2.18. The predicted molar refractivity (Wildman–Crippen MR) is 129 cm³/mol. The summed E-state index contributed by atoms with van der Waals surface area (Å²) in [5.74, 6) is -0.156. The summed E-state index contributed by atoms with van der Waals surface area (Å²) in [7, 11) is -3.88. The van der Waals surface area contributed by atoms with Crippen molar-refractivity contribution in [3.63, 3.8) is 0 Å². The monoisotopic (exact) mass is 498 g/mol. The van der Waals surface area contributed by atoms with Gasteiger partial charge in [-0.2, -0.15) is 0 Å². The van der Waals surface area contributed by atoms with Crippen molar-refractivity contribution in [2.24, 2.45) is 4.99 Å². The van der Waals surface area contributed by atoms with Gasteiger partial charge in [-0.25, -0.2) is 13.4 Å². The summed E-state index contributed by atoms with van der Waals surface area (Å²) in [4.78, 5) is 43.8. The Kier molecular flexibility index (Phi) is 6.87. The van der Waals surface area contributed by atoms with Gasteiger partial charge < -0.3 is 5.32 Å². The smallest absolute Gasteiger partial charge is 0.271 e. The van der Waals surface area contributed by atoms with Crippen molar-refractivity contribution in [2.45, 2.75) is 37.1 Å². The highest BCUT2D eigenvalue weighted by atomic mass is 32.2. The number of fused-ring (bicyclic) bond motifs is 1. The molecule has 1 amide bonds. The number of non-ortho nitro benzene ring substituents is 1. The van der Waals surface area contributed by atoms with E-state index in [0.29, 0.717) is 18.8 Å². The summed E-state index contributed by atoms with van der Waals surface area (Å²) >= 11 is 0. The Hall–Kier alpha value is -4.13. The third-order valence-electron chi connectivity index (χ3n) is 5.39. The minimum absolute atomic E-state index is 0.0339. The highest BCUT2D eigenvalue weighted by molar-refractivity contribution is 7.90. The van der Waals surface area contributed by atoms with Crippen molar-refractivity contribution < 1.29 is 18.1 Å². The molecular formula is C22H22N6O6S. The Morgan fingerprint density at radius 3 is 2.77 bits per heavy atom. The van der Waals surface area contributed by atoms with Crippen LogP contribution < -0.4 is 15.6 Å². The molecule has 12 nitrogen and oxygen atoms in total. The first-order chi connectivity index (χ1) is 16.7. The maximum absolute atomic E-state index is 12.8. The second-order valence-electron chi connectivity index (χ2n) is 7.96. The molecule has 13 heteroatoms. The number of rotatable bonds is 6. The van der Waals surface area contributed by atoms with Crippen LogP contribution in [0.2, 0.25) is 0 Å². The van der Waals surface area contributed by atoms with Crippen molar-refractivity contribution >= 4 is 44.0 Å². The summed E-state index contributed by atoms with van der Waals surface area (Å²) in [5.41, 5.74) is -0.359. The van der Waals surface area contributed by atoms with Crippen molar-refractivity contribution in [3.8, 4) is 0 Å². The number of amides is 1. The maximum atomic E-state index is 12.8. The number of aromatic nitrogens is 2. The number of hydrogen-bond acceptors (Lipinski definition) is 8. The fourth-order valence-electron chi connectivity index (χ4n) is 3.64. The fourth-order valence-corrected chi connectivity index (χ4v) is 4.78. The van der Waals surface area contributed by atoms with Gasteiger partial charge in [0.25, 0.3) is 21.3 Å². The Balaban J connectivity index is 1.48. The molecule has 0 unspecified atom stereocenters. The van der Waals surface area contributed by atoms with E-state index in [0.717, 1.165) is 30.2 Å². The number of sulfonamides is 1. The standard InChI is InChI=1S/C22H22N6O6S/c29-21(13-27-14-24-19-12-16(28(31)32)8-9-18(19)22(27)30)25-15-5-4-6-17(11-15)35(33,34)26-20-7-2-1-3-10-23-20/h4-6,8-9,11-12,14H,1-3,7,10,13H2,(H,23,26)(H,25,29). The normalized spacial score (nSPS) is 14.1. The fraction of sp³-hybridized carbons (Fsp3) is 0.273. The number of aliphatic imine (C=N–C) groups is 1. The largest absolute Gasteiger partial charge is 0.324 e. The molecular weight excluding hydrogens is 476 g/mol. The molecule has 1 aliphatic heterocycles. The van der Waals surface area contributed by atoms with E-state index in [9.17, 15) is 28.1 Å². The summed E-state index contributed by atoms with van der Waals surface area (Å²) in [6, 6.07) is 9.41. The summed E-state index contributed by atoms with van der Waals surface area (Å²) in [6.45, 7) is 0.193. The molecule has 4 rings (SSSR count). The molecule has 2 heterocycles. The molecule has 0 radical (unpaired) electrons. The first-order valence-corrected chi connectivity index (χ1v) is 12.3. The second-order valence-corrected chi connectivity index (χ2v) is 9.64. The topological polar surface area (TPSA) is 166 Å². The number of anilines is 1. The number of benzene rings is 2. The molecule has 2 aromatic carbocycles. The Bertz CT molecular complexity index is 1500. The van der Waals surface area contributed by atoms with Gasteiger partial charge in [-0.3, -0.25) is 34.0 Å². The second kappa shape index (κ2) is 10.0. The van der Waals surface area contributed by atoms with Gasteiger partial charge in [0, 0.05) is 30.8 Å². The molecule has 2 N–H and O–H groups in total. The number of nitrogens with zero attached hydrogens (tertiary/aromatic N) is 4. The van der Waals surface area contributed by atoms with Crippen LogP contribution in [0.25, 0.3) is 10.9 Å². The summed E-state index contributed by atoms with van der Waals surface area (Å²) in [6.07, 6.45) is 4.45. The lowest BCUT2D eigenvalue weighted by Gasteiger charge is -2.12. The third-order valence-corrected chi connectivity index (χ3v) is 6.77. The molecule has 1 aromatic heterocycles. The molecule has 182 valence electrons. The number of amidine groups is 1. The molecule has 1 aliphatic rings. The number of nitrogens with one attached hydrogen (secondary N) is 2. The van der Waals surface area contributed by atoms with Gasteiger partial charge in [0.2, 0.25) is 5.91 Å². The van der Waals surface area contributed by atoms with Gasteiger partial charge in [0.15, 0.2) is 0 Å². The van der Waals surface area contributed by atoms with E-state index in [-0.39, 0.29) is 33.7 Å². The zero-order valence-corrected chi connectivity index (χ0v) is 19.3. The first-order valence-electron chi connectivity index (χ1n) is 10.8. The molecule has 3 aromatic rings. The van der Waals surface area contributed by atoms with E-state index in [4.69, 9.17) is 0 Å². The average Bonchev–Trinajstić information content (AvgIpc) is 3.09. The SMILES string of the molecule is O=C(Cn1cnc2cc([N+](=O)[O-])ccc2c1=O)Nc1cccc(S(=O)(=O)NC2=NCCCCC2)c1. The maximum Gasteiger partial charge on any atom is 0.271 e. The van der Waals surface area contributed by atoms with Crippen LogP contribution in [0, 0.1) is 10.1 Å². The van der Waals surface area contributed by atoms with Crippen LogP contribution in [0.15, 0.2) is 63.5 Å². The van der Waals surface area contributed by atoms with Gasteiger partial charge in [0.05, 0.1) is 27.0 Å². The van der Waals surface area contributed by atoms with Crippen LogP contribution >= 0.6 is 0 Å². The minimum Gasteiger partial charge on any atom is -0.324 e. The van der Waals surface area contributed by atoms with E-state index in [1.54, 1.807) is 0 Å². The van der Waals surface area contributed by atoms with Crippen LogP contribution in [-0.4, -0.2) is 41.2 Å². The van der Waals surface area contributed by atoms with Crippen molar-refractivity contribution in [1.29, 1.82) is 0 Å². The lowest BCUT2D eigenvalue weighted by molar-refractivity contribution is -0.384. The van der Waals surface area contributed by atoms with Gasteiger partial charge in [-0.15, -0.1) is 0 Å². The van der Waals surface area contributed by atoms with E-state index >= 15 is 0 Å². The van der Waals surface area contributed by atoms with E-state index in [2.05, 4.69) is 20.0 Å². The molecule has 0 aliphatic carbocycles. The van der Waals surface area contributed by atoms with Gasteiger partial charge in [0.1, 0.15) is 12.4 Å². The lowest BCUT2D eigenvalue weighted by atomic mass is 10.2. The molecule has 35 heavy (non-hydrogen) atoms. The molecule has 0 bridgehead atoms. The Morgan fingerprint density at radius 2 is 1.97 bits per heavy atom. The van der Waals surface area contributed by atoms with Crippen LogP contribution in [-0.2, 0) is 21.4 Å². The van der Waals surface area contributed by atoms with Gasteiger partial charge >= 0.3 is 0 Å². The number of nitro benzene ring substituents is 1. The Labute approximate surface area is 199 Å². The van der Waals surface area contributed by atoms with Crippen LogP contribution in [0.3, 0.4) is 0 Å². The number of hydrogen-bond donors (Lipinski definition) is 2. The molecule has 0 saturated carbocycles. The lowest BCUT2D eigenvalue weighted by Crippen LogP contribution is -2.30. The molecule has 0 saturated heterocycles. The van der Waals surface area contributed by atoms with Crippen molar-refractivity contribution in [2.75, 3.05) is 11.9 Å². The minimum atomic E-state index is -3.88. The van der Waals surface area contributed by atoms with Crippen LogP contribution in [0.4, 0.5) is 11.4 Å². The predicted octanol–water partition coefficient (Wildman–Crippen LogP) is 2.19. The summed E-state index contributed by atoms with van der Waals surface area (Å²) < 4.78 is 29.1. The number of carbonyl (C=O) groups excluding carboxylic acids is 1. The first kappa shape index (κ1) is 24.0. The molecule has 0 spiro atoms. The molecule has 0 atom stereocenters. The van der Waals surface area contributed by atoms with E-state index < -0.39 is 26.4 Å². The van der Waals surface area contributed by atoms with Crippen LogP contribution in [0.5, 0.6) is 0 Å². The average molecular weight is 499 g/mol. The van der Waals surface area contributed by atoms with Crippen LogP contribution in [0.1, 0.15) is 25.7 Å². The van der Waals surface area contributed by atoms with E-state index in [1.165, 1.54) is 42.5 Å². The number of carbonyl (C=O) groups is 1. The zero-order chi connectivity index (χ0) is 25.0. The van der Waals surface area contributed by atoms with Gasteiger partial charge in [-0.05, 0) is 37.1 Å². The Morgan fingerprint density at radius 1 is 1.14 bits per heavy atom. The van der Waals surface area contributed by atoms with Gasteiger partial charge in [-0.1, -0.05) is 12.5 Å². The van der Waals surface area contributed by atoms with Crippen molar-refractivity contribution in [3.05, 3.63) is 69.3 Å². The van der Waals surface area contributed by atoms with E-state index in [1.807, 2.05) is 0 Å². The zero-order valence-electron chi connectivity index (χ0n) is 18.5. The quantitative estimate of drug-likeness (QED) is 0.388. The summed E-state index contributed by atoms with van der Waals surface area (Å²) in [5, 5.41) is 13.6. The number of nitro groups is 1. The highest BCUT2D eigenvalue weighted by Gasteiger charge is 2.18. The van der Waals surface area contributed by atoms with Crippen molar-refractivity contribution in [1.82, 2.24) is 14.3 Å². The molecule has 0 fully saturated rings. The third kappa shape index (κ3) is 5.69.